The normalized spacial score (nSPS) is 12.3. The van der Waals surface area contributed by atoms with Gasteiger partial charge in [0.2, 0.25) is 0 Å². The van der Waals surface area contributed by atoms with Crippen LogP contribution < -0.4 is 0 Å². The third-order valence-electron chi connectivity index (χ3n) is 3.91. The van der Waals surface area contributed by atoms with E-state index in [1.807, 2.05) is 0 Å². The molecule has 0 fully saturated rings. The fourth-order valence-corrected chi connectivity index (χ4v) is 3.61. The molecule has 0 aliphatic heterocycles. The first-order valence-corrected chi connectivity index (χ1v) is 9.50. The molecular formula is C18H16BrCl2F2NO2. The molecule has 140 valence electrons. The molecular weight excluding hydrogens is 451 g/mol. The number of ether oxygens (including phenoxy) is 1. The molecule has 0 saturated heterocycles. The van der Waals surface area contributed by atoms with Crippen LogP contribution in [0.5, 0.6) is 0 Å². The lowest BCUT2D eigenvalue weighted by Gasteiger charge is -2.29. The first-order valence-electron chi connectivity index (χ1n) is 7.62. The number of esters is 1. The molecule has 2 rings (SSSR count). The molecule has 0 bridgehead atoms. The van der Waals surface area contributed by atoms with Crippen LogP contribution in [0.2, 0.25) is 10.0 Å². The topological polar surface area (TPSA) is 29.5 Å². The summed E-state index contributed by atoms with van der Waals surface area (Å²) in [5.74, 6) is -1.57. The smallest absolute Gasteiger partial charge is 0.323 e. The molecule has 0 heterocycles. The number of alkyl halides is 1. The Kier molecular flexibility index (Phi) is 7.83. The molecule has 3 nitrogen and oxygen atoms in total. The summed E-state index contributed by atoms with van der Waals surface area (Å²) >= 11 is 15.5. The van der Waals surface area contributed by atoms with Crippen LogP contribution in [0, 0.1) is 11.6 Å². The van der Waals surface area contributed by atoms with E-state index >= 15 is 0 Å². The van der Waals surface area contributed by atoms with Gasteiger partial charge in [-0.15, -0.1) is 0 Å². The summed E-state index contributed by atoms with van der Waals surface area (Å²) in [6.07, 6.45) is 0. The highest BCUT2D eigenvalue weighted by Crippen LogP contribution is 2.27. The van der Waals surface area contributed by atoms with Gasteiger partial charge in [-0.2, -0.15) is 0 Å². The van der Waals surface area contributed by atoms with Crippen molar-refractivity contribution < 1.29 is 18.3 Å². The van der Waals surface area contributed by atoms with Crippen LogP contribution in [-0.2, 0) is 22.6 Å². The van der Waals surface area contributed by atoms with Crippen molar-refractivity contribution in [2.45, 2.75) is 19.1 Å². The molecule has 2 aromatic rings. The number of carbonyl (C=O) groups excluding carboxylic acids is 1. The molecule has 0 saturated carbocycles. The summed E-state index contributed by atoms with van der Waals surface area (Å²) in [6, 6.07) is 7.84. The Hall–Kier alpha value is -1.21. The molecule has 1 unspecified atom stereocenters. The van der Waals surface area contributed by atoms with Crippen molar-refractivity contribution in [1.29, 1.82) is 0 Å². The zero-order valence-corrected chi connectivity index (χ0v) is 16.9. The first kappa shape index (κ1) is 21.1. The van der Waals surface area contributed by atoms with E-state index in [1.165, 1.54) is 31.4 Å². The van der Waals surface area contributed by atoms with E-state index in [-0.39, 0.29) is 39.6 Å². The van der Waals surface area contributed by atoms with Gasteiger partial charge in [-0.3, -0.25) is 9.69 Å². The molecule has 26 heavy (non-hydrogen) atoms. The maximum Gasteiger partial charge on any atom is 0.323 e. The highest BCUT2D eigenvalue weighted by molar-refractivity contribution is 9.09. The second-order valence-electron chi connectivity index (χ2n) is 5.50. The average Bonchev–Trinajstić information content (AvgIpc) is 2.61. The van der Waals surface area contributed by atoms with E-state index in [0.717, 1.165) is 0 Å². The molecule has 0 aliphatic carbocycles. The van der Waals surface area contributed by atoms with Crippen LogP contribution in [0.1, 0.15) is 11.1 Å². The van der Waals surface area contributed by atoms with E-state index in [4.69, 9.17) is 27.9 Å². The van der Waals surface area contributed by atoms with Crippen molar-refractivity contribution in [2.24, 2.45) is 0 Å². The number of nitrogens with zero attached hydrogens (tertiary/aromatic N) is 1. The van der Waals surface area contributed by atoms with Gasteiger partial charge in [-0.05, 0) is 24.3 Å². The molecule has 0 amide bonds. The van der Waals surface area contributed by atoms with Crippen LogP contribution in [0.3, 0.4) is 0 Å². The highest BCUT2D eigenvalue weighted by atomic mass is 79.9. The van der Waals surface area contributed by atoms with Gasteiger partial charge in [-0.1, -0.05) is 51.3 Å². The van der Waals surface area contributed by atoms with Crippen LogP contribution in [0.15, 0.2) is 36.4 Å². The van der Waals surface area contributed by atoms with Gasteiger partial charge in [0.25, 0.3) is 0 Å². The highest BCUT2D eigenvalue weighted by Gasteiger charge is 2.28. The zero-order valence-electron chi connectivity index (χ0n) is 13.8. The first-order chi connectivity index (χ1) is 12.4. The minimum atomic E-state index is -0.786. The van der Waals surface area contributed by atoms with E-state index in [1.54, 1.807) is 17.0 Å². The van der Waals surface area contributed by atoms with Crippen LogP contribution >= 0.6 is 39.1 Å². The van der Waals surface area contributed by atoms with Crippen molar-refractivity contribution in [2.75, 3.05) is 12.4 Å². The van der Waals surface area contributed by atoms with Crippen molar-refractivity contribution in [3.8, 4) is 0 Å². The molecule has 0 aliphatic rings. The fourth-order valence-electron chi connectivity index (χ4n) is 2.49. The molecule has 8 heteroatoms. The Labute approximate surface area is 169 Å². The summed E-state index contributed by atoms with van der Waals surface area (Å²) in [7, 11) is 1.25. The molecule has 0 radical (unpaired) electrons. The second kappa shape index (κ2) is 9.65. The van der Waals surface area contributed by atoms with Gasteiger partial charge in [0.1, 0.15) is 17.7 Å². The zero-order chi connectivity index (χ0) is 19.3. The standard InChI is InChI=1S/C18H16BrCl2F2NO2/c1-26-18(25)17(8-19)24(9-11-13(20)4-2-6-15(11)22)10-12-14(21)5-3-7-16(12)23/h2-7,17H,8-10H2,1H3. The summed E-state index contributed by atoms with van der Waals surface area (Å²) in [5, 5.41) is 0.637. The van der Waals surface area contributed by atoms with E-state index in [0.29, 0.717) is 0 Å². The monoisotopic (exact) mass is 465 g/mol. The van der Waals surface area contributed by atoms with E-state index < -0.39 is 23.6 Å². The lowest BCUT2D eigenvalue weighted by Crippen LogP contribution is -2.42. The minimum absolute atomic E-state index is 0.0263. The Morgan fingerprint density at radius 3 is 1.88 bits per heavy atom. The molecule has 0 aromatic heterocycles. The van der Waals surface area contributed by atoms with Gasteiger partial charge < -0.3 is 4.74 Å². The molecule has 0 N–H and O–H groups in total. The maximum absolute atomic E-state index is 14.2. The van der Waals surface area contributed by atoms with Gasteiger partial charge in [-0.25, -0.2) is 8.78 Å². The Morgan fingerprint density at radius 2 is 1.54 bits per heavy atom. The molecule has 0 spiro atoms. The van der Waals surface area contributed by atoms with E-state index in [9.17, 15) is 13.6 Å². The largest absolute Gasteiger partial charge is 0.468 e. The van der Waals surface area contributed by atoms with Gasteiger partial charge in [0.05, 0.1) is 7.11 Å². The maximum atomic E-state index is 14.2. The minimum Gasteiger partial charge on any atom is -0.468 e. The Morgan fingerprint density at radius 1 is 1.08 bits per heavy atom. The Bertz CT molecular complexity index is 698. The number of halogens is 5. The van der Waals surface area contributed by atoms with E-state index in [2.05, 4.69) is 15.9 Å². The second-order valence-corrected chi connectivity index (χ2v) is 6.96. The third-order valence-corrected chi connectivity index (χ3v) is 5.23. The predicted octanol–water partition coefficient (Wildman–Crippen LogP) is 5.21. The number of carbonyl (C=O) groups is 1. The average molecular weight is 467 g/mol. The third kappa shape index (κ3) is 4.94. The number of methoxy groups -OCH3 is 1. The van der Waals surface area contributed by atoms with Gasteiger partial charge in [0, 0.05) is 39.6 Å². The van der Waals surface area contributed by atoms with Gasteiger partial charge >= 0.3 is 5.97 Å². The number of benzene rings is 2. The lowest BCUT2D eigenvalue weighted by atomic mass is 10.1. The Balaban J connectivity index is 2.43. The quantitative estimate of drug-likeness (QED) is 0.414. The van der Waals surface area contributed by atoms with Crippen molar-refractivity contribution in [3.63, 3.8) is 0 Å². The summed E-state index contributed by atoms with van der Waals surface area (Å²) in [4.78, 5) is 13.7. The van der Waals surface area contributed by atoms with Crippen molar-refractivity contribution in [1.82, 2.24) is 4.90 Å². The SMILES string of the molecule is COC(=O)C(CBr)N(Cc1c(F)cccc1Cl)Cc1c(F)cccc1Cl. The number of rotatable bonds is 7. The number of hydrogen-bond acceptors (Lipinski definition) is 3. The van der Waals surface area contributed by atoms with Crippen molar-refractivity contribution >= 4 is 45.1 Å². The summed E-state index contributed by atoms with van der Waals surface area (Å²) < 4.78 is 33.3. The van der Waals surface area contributed by atoms with Crippen LogP contribution in [-0.4, -0.2) is 29.4 Å². The predicted molar refractivity (Wildman–Crippen MR) is 102 cm³/mol. The summed E-state index contributed by atoms with van der Waals surface area (Å²) in [5.41, 5.74) is 0.410. The fraction of sp³-hybridized carbons (Fsp3) is 0.278. The van der Waals surface area contributed by atoms with Gasteiger partial charge in [0.15, 0.2) is 0 Å². The van der Waals surface area contributed by atoms with Crippen molar-refractivity contribution in [3.05, 3.63) is 69.2 Å². The summed E-state index contributed by atoms with van der Waals surface area (Å²) in [6.45, 7) is -0.0525. The molecule has 2 aromatic carbocycles. The lowest BCUT2D eigenvalue weighted by molar-refractivity contribution is -0.146. The van der Waals surface area contributed by atoms with Crippen LogP contribution in [0.25, 0.3) is 0 Å². The van der Waals surface area contributed by atoms with Crippen LogP contribution in [0.4, 0.5) is 8.78 Å². The molecule has 1 atom stereocenters. The number of hydrogen-bond donors (Lipinski definition) is 0.